The monoisotopic (exact) mass is 368 g/mol. The van der Waals surface area contributed by atoms with E-state index in [1.807, 2.05) is 0 Å². The number of benzene rings is 3. The third-order valence-corrected chi connectivity index (χ3v) is 7.49. The van der Waals surface area contributed by atoms with Gasteiger partial charge in [0, 0.05) is 22.2 Å². The van der Waals surface area contributed by atoms with E-state index in [-0.39, 0.29) is 17.0 Å². The number of para-hydroxylation sites is 4. The molecule has 0 saturated heterocycles. The molecule has 0 bridgehead atoms. The van der Waals surface area contributed by atoms with Crippen molar-refractivity contribution in [3.8, 4) is 0 Å². The molecular weight excluding hydrogens is 340 g/mol. The van der Waals surface area contributed by atoms with Gasteiger partial charge in [0.2, 0.25) is 0 Å². The Balaban J connectivity index is 1.85. The van der Waals surface area contributed by atoms with Crippen molar-refractivity contribution >= 4 is 22.7 Å². The van der Waals surface area contributed by atoms with Crippen molar-refractivity contribution in [1.29, 1.82) is 0 Å². The van der Waals surface area contributed by atoms with Crippen molar-refractivity contribution < 1.29 is 0 Å². The Kier molecular flexibility index (Phi) is 3.64. The normalized spacial score (nSPS) is 24.5. The van der Waals surface area contributed by atoms with E-state index in [4.69, 9.17) is 0 Å². The van der Waals surface area contributed by atoms with Crippen LogP contribution in [0, 0.1) is 5.41 Å². The Morgan fingerprint density at radius 2 is 1.21 bits per heavy atom. The lowest BCUT2D eigenvalue weighted by atomic mass is 9.57. The highest BCUT2D eigenvalue weighted by Gasteiger charge is 2.58. The topological polar surface area (TPSA) is 6.48 Å². The van der Waals surface area contributed by atoms with E-state index < -0.39 is 0 Å². The molecule has 2 aliphatic heterocycles. The summed E-state index contributed by atoms with van der Waals surface area (Å²) in [7, 11) is 0. The first kappa shape index (κ1) is 17.4. The Hall–Kier alpha value is -2.74. The number of fused-ring (bicyclic) bond motifs is 5. The number of anilines is 4. The Morgan fingerprint density at radius 3 is 1.86 bits per heavy atom. The van der Waals surface area contributed by atoms with Crippen LogP contribution in [-0.2, 0) is 5.41 Å². The van der Waals surface area contributed by atoms with Crippen molar-refractivity contribution in [3.63, 3.8) is 0 Å². The molecule has 2 unspecified atom stereocenters. The van der Waals surface area contributed by atoms with Crippen LogP contribution < -0.4 is 9.80 Å². The van der Waals surface area contributed by atoms with Gasteiger partial charge >= 0.3 is 0 Å². The van der Waals surface area contributed by atoms with Crippen LogP contribution in [0.25, 0.3) is 0 Å². The first-order valence-electron chi connectivity index (χ1n) is 10.3. The maximum absolute atomic E-state index is 2.59. The summed E-state index contributed by atoms with van der Waals surface area (Å²) in [5.74, 6) is 0. The van der Waals surface area contributed by atoms with E-state index >= 15 is 0 Å². The Bertz CT molecular complexity index is 1020. The quantitative estimate of drug-likeness (QED) is 0.480. The van der Waals surface area contributed by atoms with Crippen molar-refractivity contribution in [2.45, 2.75) is 45.7 Å². The fourth-order valence-electron chi connectivity index (χ4n) is 5.42. The van der Waals surface area contributed by atoms with Crippen molar-refractivity contribution in [1.82, 2.24) is 0 Å². The number of nitrogens with zero attached hydrogens (tertiary/aromatic N) is 2. The Morgan fingerprint density at radius 1 is 0.679 bits per heavy atom. The van der Waals surface area contributed by atoms with Crippen LogP contribution in [0.4, 0.5) is 22.7 Å². The second-order valence-corrected chi connectivity index (χ2v) is 8.85. The van der Waals surface area contributed by atoms with E-state index in [0.29, 0.717) is 0 Å². The molecule has 2 aliphatic rings. The van der Waals surface area contributed by atoms with Gasteiger partial charge in [-0.15, -0.1) is 0 Å². The smallest absolute Gasteiger partial charge is 0.117 e. The maximum atomic E-state index is 2.59. The average molecular weight is 369 g/mol. The molecule has 0 amide bonds. The lowest BCUT2D eigenvalue weighted by molar-refractivity contribution is 0.116. The summed E-state index contributed by atoms with van der Waals surface area (Å²) >= 11 is 0. The summed E-state index contributed by atoms with van der Waals surface area (Å²) in [4.78, 5) is 5.16. The molecule has 5 rings (SSSR count). The molecule has 2 heteroatoms. The van der Waals surface area contributed by atoms with Gasteiger partial charge in [-0.1, -0.05) is 76.2 Å². The van der Waals surface area contributed by atoms with E-state index in [9.17, 15) is 0 Å². The molecule has 28 heavy (non-hydrogen) atoms. The van der Waals surface area contributed by atoms with Gasteiger partial charge in [-0.2, -0.15) is 0 Å². The predicted octanol–water partition coefficient (Wildman–Crippen LogP) is 7.01. The molecule has 0 aromatic heterocycles. The predicted molar refractivity (Wildman–Crippen MR) is 119 cm³/mol. The van der Waals surface area contributed by atoms with E-state index in [2.05, 4.69) is 116 Å². The van der Waals surface area contributed by atoms with Gasteiger partial charge < -0.3 is 9.80 Å². The Labute approximate surface area is 168 Å². The first-order valence-corrected chi connectivity index (χ1v) is 10.3. The van der Waals surface area contributed by atoms with Gasteiger partial charge in [-0.3, -0.25) is 0 Å². The highest BCUT2D eigenvalue weighted by atomic mass is 15.4. The van der Waals surface area contributed by atoms with Crippen LogP contribution in [0.15, 0.2) is 78.9 Å². The number of rotatable bonds is 2. The third-order valence-electron chi connectivity index (χ3n) is 7.49. The van der Waals surface area contributed by atoms with Gasteiger partial charge in [0.1, 0.15) is 6.17 Å². The molecule has 142 valence electrons. The molecule has 3 aromatic rings. The van der Waals surface area contributed by atoms with Crippen molar-refractivity contribution in [3.05, 3.63) is 84.4 Å². The minimum atomic E-state index is 0.0502. The van der Waals surface area contributed by atoms with E-state index in [0.717, 1.165) is 6.42 Å². The molecule has 0 saturated carbocycles. The van der Waals surface area contributed by atoms with Crippen LogP contribution in [0.5, 0.6) is 0 Å². The summed E-state index contributed by atoms with van der Waals surface area (Å²) in [6, 6.07) is 28.7. The summed E-state index contributed by atoms with van der Waals surface area (Å²) in [6.45, 7) is 9.68. The highest BCUT2D eigenvalue weighted by molar-refractivity contribution is 5.90. The summed E-state index contributed by atoms with van der Waals surface area (Å²) in [6.07, 6.45) is 1.34. The highest BCUT2D eigenvalue weighted by Crippen LogP contribution is 2.63. The molecule has 0 spiro atoms. The molecule has 0 fully saturated rings. The summed E-state index contributed by atoms with van der Waals surface area (Å²) < 4.78 is 0. The molecular formula is C26H28N2. The van der Waals surface area contributed by atoms with Crippen molar-refractivity contribution in [2.75, 3.05) is 9.80 Å². The van der Waals surface area contributed by atoms with Gasteiger partial charge in [0.05, 0.1) is 11.4 Å². The maximum Gasteiger partial charge on any atom is 0.117 e. The van der Waals surface area contributed by atoms with Crippen LogP contribution >= 0.6 is 0 Å². The van der Waals surface area contributed by atoms with Gasteiger partial charge in [-0.05, 0) is 42.3 Å². The fourth-order valence-corrected chi connectivity index (χ4v) is 5.42. The first-order chi connectivity index (χ1) is 13.5. The standard InChI is InChI=1S/C26H28N2/c1-5-26(4)24-27(19-13-7-6-8-14-19)22-17-11-12-18-23(22)28(24)21-16-10-9-15-20(21)25(26,2)3/h6-18,24H,5H2,1-4H3. The SMILES string of the molecule is CCC1(C)C2N(c3ccccc3)c3ccccc3N2c2ccccc2C1(C)C. The molecule has 0 aliphatic carbocycles. The third kappa shape index (κ3) is 2.03. The molecule has 2 atom stereocenters. The van der Waals surface area contributed by atoms with Crippen LogP contribution in [-0.4, -0.2) is 6.17 Å². The number of hydrogen-bond acceptors (Lipinski definition) is 2. The average Bonchev–Trinajstić information content (AvgIpc) is 3.09. The van der Waals surface area contributed by atoms with Crippen LogP contribution in [0.2, 0.25) is 0 Å². The molecule has 0 radical (unpaired) electrons. The number of hydrogen-bond donors (Lipinski definition) is 0. The summed E-state index contributed by atoms with van der Waals surface area (Å²) in [5.41, 5.74) is 6.77. The zero-order valence-electron chi connectivity index (χ0n) is 17.2. The lowest BCUT2D eigenvalue weighted by Crippen LogP contribution is -2.61. The van der Waals surface area contributed by atoms with Gasteiger partial charge in [0.25, 0.3) is 0 Å². The minimum absolute atomic E-state index is 0.0502. The lowest BCUT2D eigenvalue weighted by Gasteiger charge is -2.58. The largest absolute Gasteiger partial charge is 0.318 e. The van der Waals surface area contributed by atoms with Crippen LogP contribution in [0.3, 0.4) is 0 Å². The van der Waals surface area contributed by atoms with Gasteiger partial charge in [-0.25, -0.2) is 0 Å². The zero-order valence-corrected chi connectivity index (χ0v) is 17.2. The molecule has 2 heterocycles. The zero-order chi connectivity index (χ0) is 19.5. The van der Waals surface area contributed by atoms with Crippen LogP contribution in [0.1, 0.15) is 39.7 Å². The molecule has 0 N–H and O–H groups in total. The van der Waals surface area contributed by atoms with E-state index in [1.54, 1.807) is 0 Å². The second-order valence-electron chi connectivity index (χ2n) is 8.85. The summed E-state index contributed by atoms with van der Waals surface area (Å²) in [5, 5.41) is 0. The molecule has 2 nitrogen and oxygen atoms in total. The molecule has 3 aromatic carbocycles. The van der Waals surface area contributed by atoms with E-state index in [1.165, 1.54) is 28.3 Å². The minimum Gasteiger partial charge on any atom is -0.318 e. The van der Waals surface area contributed by atoms with Crippen molar-refractivity contribution in [2.24, 2.45) is 5.41 Å². The second kappa shape index (κ2) is 5.88. The fraction of sp³-hybridized carbons (Fsp3) is 0.308. The van der Waals surface area contributed by atoms with Gasteiger partial charge in [0.15, 0.2) is 0 Å².